The number of rotatable bonds is 18. The minimum Gasteiger partial charge on any atom is -0.493 e. The summed E-state index contributed by atoms with van der Waals surface area (Å²) in [6, 6.07) is 4.58. The van der Waals surface area contributed by atoms with E-state index in [1.165, 1.54) is 12.0 Å². The SMILES string of the molecule is COc1cc(CNC(=O)CCCC/C=C/C(C)C)ccc1OC(=O)N1CCN(C(=O)CC(C)(C)OCCC(C)C)CC1CN(C)C(=O)OC(C)(C)C. The lowest BCUT2D eigenvalue weighted by atomic mass is 10.0. The third-order valence-electron chi connectivity index (χ3n) is 8.49. The average molecular weight is 731 g/mol. The first kappa shape index (κ1) is 44.4. The van der Waals surface area contributed by atoms with E-state index in [9.17, 15) is 19.2 Å². The monoisotopic (exact) mass is 730 g/mol. The van der Waals surface area contributed by atoms with E-state index < -0.39 is 29.4 Å². The first-order valence-corrected chi connectivity index (χ1v) is 18.7. The Hall–Kier alpha value is -3.80. The lowest BCUT2D eigenvalue weighted by Gasteiger charge is -2.42. The number of nitrogens with one attached hydrogen (secondary N) is 1. The fourth-order valence-electron chi connectivity index (χ4n) is 5.57. The molecule has 2 rings (SSSR count). The predicted octanol–water partition coefficient (Wildman–Crippen LogP) is 7.19. The summed E-state index contributed by atoms with van der Waals surface area (Å²) in [5.74, 6) is 1.47. The number of unbranched alkanes of at least 4 members (excludes halogenated alkanes) is 2. The second-order valence-corrected chi connectivity index (χ2v) is 16.1. The molecule has 1 unspecified atom stereocenters. The summed E-state index contributed by atoms with van der Waals surface area (Å²) in [6.45, 7) is 19.4. The van der Waals surface area contributed by atoms with Crippen molar-refractivity contribution in [2.75, 3.05) is 46.9 Å². The summed E-state index contributed by atoms with van der Waals surface area (Å²) in [5, 5.41) is 2.95. The number of carbonyl (C=O) groups is 4. The first-order valence-electron chi connectivity index (χ1n) is 18.7. The zero-order valence-electron chi connectivity index (χ0n) is 33.7. The van der Waals surface area contributed by atoms with Gasteiger partial charge in [-0.15, -0.1) is 0 Å². The quantitative estimate of drug-likeness (QED) is 0.124. The van der Waals surface area contributed by atoms with Gasteiger partial charge in [-0.05, 0) is 89.8 Å². The second-order valence-electron chi connectivity index (χ2n) is 16.1. The lowest BCUT2D eigenvalue weighted by molar-refractivity contribution is -0.140. The molecule has 1 aliphatic heterocycles. The Morgan fingerprint density at radius 1 is 1.02 bits per heavy atom. The van der Waals surface area contributed by atoms with Crippen molar-refractivity contribution in [3.05, 3.63) is 35.9 Å². The number of likely N-dealkylation sites (N-methyl/N-ethyl adjacent to an activating group) is 1. The van der Waals surface area contributed by atoms with Crippen LogP contribution in [0, 0.1) is 11.8 Å². The molecule has 0 saturated carbocycles. The molecule has 4 amide bonds. The topological polar surface area (TPSA) is 127 Å². The van der Waals surface area contributed by atoms with Gasteiger partial charge >= 0.3 is 12.2 Å². The van der Waals surface area contributed by atoms with Crippen molar-refractivity contribution in [2.45, 2.75) is 125 Å². The molecule has 52 heavy (non-hydrogen) atoms. The molecule has 1 heterocycles. The number of hydrogen-bond acceptors (Lipinski definition) is 8. The number of benzene rings is 1. The third-order valence-corrected chi connectivity index (χ3v) is 8.49. The van der Waals surface area contributed by atoms with Gasteiger partial charge in [0.1, 0.15) is 5.60 Å². The fourth-order valence-corrected chi connectivity index (χ4v) is 5.57. The van der Waals surface area contributed by atoms with Crippen LogP contribution in [0.15, 0.2) is 30.4 Å². The Morgan fingerprint density at radius 3 is 2.37 bits per heavy atom. The summed E-state index contributed by atoms with van der Waals surface area (Å²) in [4.78, 5) is 57.2. The Labute approximate surface area is 312 Å². The van der Waals surface area contributed by atoms with E-state index in [1.54, 1.807) is 55.8 Å². The average Bonchev–Trinajstić information content (AvgIpc) is 3.04. The van der Waals surface area contributed by atoms with Crippen molar-refractivity contribution in [1.82, 2.24) is 20.0 Å². The summed E-state index contributed by atoms with van der Waals surface area (Å²) in [7, 11) is 3.09. The van der Waals surface area contributed by atoms with Crippen LogP contribution in [-0.4, -0.2) is 103 Å². The number of piperazine rings is 1. The maximum Gasteiger partial charge on any atom is 0.415 e. The summed E-state index contributed by atoms with van der Waals surface area (Å²) in [5.41, 5.74) is -0.554. The number of hydrogen-bond donors (Lipinski definition) is 1. The van der Waals surface area contributed by atoms with Gasteiger partial charge in [0.15, 0.2) is 11.5 Å². The van der Waals surface area contributed by atoms with E-state index in [2.05, 4.69) is 45.2 Å². The molecule has 0 radical (unpaired) electrons. The standard InChI is InChI=1S/C40H66N4O8/c1-29(2)16-14-12-13-15-17-35(45)41-26-31-18-19-33(34(24-31)49-11)51-38(48)44-22-21-43(36(46)25-40(8,9)50-23-20-30(3)4)28-32(44)27-42(10)37(47)52-39(5,6)7/h14,16,18-19,24,29-30,32H,12-13,15,17,20-23,25-28H2,1-11H3,(H,41,45)/b16-14+. The maximum absolute atomic E-state index is 13.7. The molecule has 0 aromatic heterocycles. The number of ether oxygens (including phenoxy) is 4. The fraction of sp³-hybridized carbons (Fsp3) is 0.700. The zero-order valence-corrected chi connectivity index (χ0v) is 33.7. The van der Waals surface area contributed by atoms with E-state index >= 15 is 0 Å². The van der Waals surface area contributed by atoms with E-state index in [4.69, 9.17) is 18.9 Å². The Morgan fingerprint density at radius 2 is 1.73 bits per heavy atom. The van der Waals surface area contributed by atoms with Gasteiger partial charge in [-0.2, -0.15) is 0 Å². The van der Waals surface area contributed by atoms with E-state index in [0.29, 0.717) is 43.7 Å². The van der Waals surface area contributed by atoms with Crippen molar-refractivity contribution >= 4 is 24.0 Å². The van der Waals surface area contributed by atoms with Crippen LogP contribution in [0.25, 0.3) is 0 Å². The smallest absolute Gasteiger partial charge is 0.415 e. The molecule has 1 aliphatic rings. The molecule has 1 aromatic rings. The number of carbonyl (C=O) groups excluding carboxylic acids is 4. The molecule has 1 atom stereocenters. The largest absolute Gasteiger partial charge is 0.493 e. The molecule has 1 fully saturated rings. The molecule has 12 nitrogen and oxygen atoms in total. The van der Waals surface area contributed by atoms with Crippen LogP contribution in [0.1, 0.15) is 106 Å². The number of allylic oxidation sites excluding steroid dienone is 2. The van der Waals surface area contributed by atoms with Gasteiger partial charge in [0.05, 0.1) is 25.2 Å². The van der Waals surface area contributed by atoms with Gasteiger partial charge in [-0.25, -0.2) is 9.59 Å². The van der Waals surface area contributed by atoms with Gasteiger partial charge in [-0.1, -0.05) is 45.9 Å². The van der Waals surface area contributed by atoms with E-state index in [1.807, 2.05) is 13.8 Å². The minimum atomic E-state index is -0.699. The van der Waals surface area contributed by atoms with Crippen LogP contribution < -0.4 is 14.8 Å². The van der Waals surface area contributed by atoms with Crippen molar-refractivity contribution in [1.29, 1.82) is 0 Å². The molecule has 0 aliphatic carbocycles. The van der Waals surface area contributed by atoms with Crippen LogP contribution in [0.3, 0.4) is 0 Å². The van der Waals surface area contributed by atoms with Gasteiger partial charge in [0, 0.05) is 52.8 Å². The summed E-state index contributed by atoms with van der Waals surface area (Å²) >= 11 is 0. The number of amides is 4. The molecule has 0 bridgehead atoms. The highest BCUT2D eigenvalue weighted by molar-refractivity contribution is 5.78. The van der Waals surface area contributed by atoms with E-state index in [-0.39, 0.29) is 43.6 Å². The Kier molecular flexibility index (Phi) is 17.9. The predicted molar refractivity (Wildman–Crippen MR) is 203 cm³/mol. The van der Waals surface area contributed by atoms with Crippen LogP contribution in [-0.2, 0) is 25.6 Å². The Bertz CT molecular complexity index is 1340. The first-order chi connectivity index (χ1) is 24.3. The summed E-state index contributed by atoms with van der Waals surface area (Å²) < 4.78 is 23.0. The van der Waals surface area contributed by atoms with Crippen LogP contribution >= 0.6 is 0 Å². The highest BCUT2D eigenvalue weighted by Crippen LogP contribution is 2.30. The Balaban J connectivity index is 2.11. The maximum atomic E-state index is 13.7. The molecule has 294 valence electrons. The van der Waals surface area contributed by atoms with Gasteiger partial charge in [-0.3, -0.25) is 14.5 Å². The van der Waals surface area contributed by atoms with Crippen LogP contribution in [0.4, 0.5) is 9.59 Å². The van der Waals surface area contributed by atoms with Gasteiger partial charge in [0.25, 0.3) is 0 Å². The molecule has 1 aromatic carbocycles. The minimum absolute atomic E-state index is 0.0236. The molecule has 12 heteroatoms. The molecule has 0 spiro atoms. The highest BCUT2D eigenvalue weighted by Gasteiger charge is 2.37. The van der Waals surface area contributed by atoms with Crippen molar-refractivity contribution in [2.24, 2.45) is 11.8 Å². The number of methoxy groups -OCH3 is 1. The van der Waals surface area contributed by atoms with Crippen molar-refractivity contribution in [3.63, 3.8) is 0 Å². The summed E-state index contributed by atoms with van der Waals surface area (Å²) in [6.07, 6.45) is 7.45. The van der Waals surface area contributed by atoms with E-state index in [0.717, 1.165) is 31.2 Å². The number of nitrogens with zero attached hydrogens (tertiary/aromatic N) is 3. The zero-order chi connectivity index (χ0) is 39.1. The highest BCUT2D eigenvalue weighted by atomic mass is 16.6. The lowest BCUT2D eigenvalue weighted by Crippen LogP contribution is -2.61. The van der Waals surface area contributed by atoms with Crippen LogP contribution in [0.2, 0.25) is 0 Å². The second kappa shape index (κ2) is 21.0. The molecule has 1 saturated heterocycles. The van der Waals surface area contributed by atoms with Gasteiger partial charge < -0.3 is 34.1 Å². The van der Waals surface area contributed by atoms with Crippen LogP contribution in [0.5, 0.6) is 11.5 Å². The third kappa shape index (κ3) is 16.7. The van der Waals surface area contributed by atoms with Gasteiger partial charge in [0.2, 0.25) is 11.8 Å². The van der Waals surface area contributed by atoms with Crippen molar-refractivity contribution < 1.29 is 38.1 Å². The van der Waals surface area contributed by atoms with Crippen molar-refractivity contribution in [3.8, 4) is 11.5 Å². The molecular formula is C40H66N4O8. The molecule has 1 N–H and O–H groups in total. The normalized spacial score (nSPS) is 15.3. The molecular weight excluding hydrogens is 664 g/mol.